The molecule has 0 radical (unpaired) electrons. The van der Waals surface area contributed by atoms with Crippen LogP contribution in [0.2, 0.25) is 0 Å². The van der Waals surface area contributed by atoms with Gasteiger partial charge in [0.15, 0.2) is 0 Å². The Hall–Kier alpha value is -2.65. The van der Waals surface area contributed by atoms with Gasteiger partial charge in [-0.2, -0.15) is 5.10 Å². The van der Waals surface area contributed by atoms with Crippen molar-refractivity contribution in [2.45, 2.75) is 19.8 Å². The zero-order valence-corrected chi connectivity index (χ0v) is 11.6. The summed E-state index contributed by atoms with van der Waals surface area (Å²) < 4.78 is 1.15. The van der Waals surface area contributed by atoms with Crippen LogP contribution in [-0.4, -0.2) is 49.9 Å². The fourth-order valence-corrected chi connectivity index (χ4v) is 2.04. The molecule has 1 heterocycles. The number of nitro groups is 1. The summed E-state index contributed by atoms with van der Waals surface area (Å²) in [7, 11) is 1.41. The van der Waals surface area contributed by atoms with E-state index in [0.29, 0.717) is 12.8 Å². The molecule has 0 unspecified atom stereocenters. The van der Waals surface area contributed by atoms with Gasteiger partial charge < -0.3 is 15.1 Å². The average Bonchev–Trinajstić information content (AvgIpc) is 2.64. The smallest absolute Gasteiger partial charge is 0.334 e. The molecular formula is C11H16N4O6. The molecule has 10 heteroatoms. The van der Waals surface area contributed by atoms with E-state index < -0.39 is 30.0 Å². The second kappa shape index (κ2) is 6.68. The summed E-state index contributed by atoms with van der Waals surface area (Å²) in [5, 5.41) is 33.0. The maximum absolute atomic E-state index is 11.2. The van der Waals surface area contributed by atoms with Crippen molar-refractivity contribution in [1.29, 1.82) is 0 Å². The first-order valence-corrected chi connectivity index (χ1v) is 6.16. The number of aryl methyl sites for hydroxylation is 2. The maximum Gasteiger partial charge on any atom is 0.334 e. The zero-order chi connectivity index (χ0) is 16.2. The van der Waals surface area contributed by atoms with Gasteiger partial charge in [0.25, 0.3) is 0 Å². The Kier molecular flexibility index (Phi) is 5.22. The van der Waals surface area contributed by atoms with Crippen LogP contribution in [-0.2, 0) is 23.1 Å². The molecule has 1 aromatic heterocycles. The summed E-state index contributed by atoms with van der Waals surface area (Å²) in [4.78, 5) is 33.2. The van der Waals surface area contributed by atoms with Crippen molar-refractivity contribution in [3.05, 3.63) is 15.8 Å². The molecule has 2 N–H and O–H groups in total. The summed E-state index contributed by atoms with van der Waals surface area (Å²) in [6.45, 7) is 0.487. The van der Waals surface area contributed by atoms with Gasteiger partial charge in [-0.15, -0.1) is 0 Å². The number of anilines is 1. The highest BCUT2D eigenvalue weighted by Gasteiger charge is 2.31. The number of hydrogen-bond donors (Lipinski definition) is 2. The van der Waals surface area contributed by atoms with Gasteiger partial charge in [-0.25, -0.2) is 4.68 Å². The SMILES string of the molecule is CCCc1nn(C)c(N(CC(=O)O)CC(=O)O)c1[N+](=O)[O-]. The van der Waals surface area contributed by atoms with Gasteiger partial charge >= 0.3 is 17.6 Å². The van der Waals surface area contributed by atoms with Gasteiger partial charge in [0.2, 0.25) is 5.82 Å². The number of carboxylic acid groups (broad SMARTS) is 2. The van der Waals surface area contributed by atoms with Crippen LogP contribution < -0.4 is 4.90 Å². The summed E-state index contributed by atoms with van der Waals surface area (Å²) >= 11 is 0. The average molecular weight is 300 g/mol. The first-order valence-electron chi connectivity index (χ1n) is 6.16. The predicted molar refractivity (Wildman–Crippen MR) is 71.3 cm³/mol. The lowest BCUT2D eigenvalue weighted by Crippen LogP contribution is -2.36. The van der Waals surface area contributed by atoms with E-state index in [1.54, 1.807) is 0 Å². The molecule has 0 aliphatic heterocycles. The molecule has 0 saturated heterocycles. The van der Waals surface area contributed by atoms with Crippen LogP contribution in [0.15, 0.2) is 0 Å². The first kappa shape index (κ1) is 16.4. The van der Waals surface area contributed by atoms with Crippen LogP contribution in [0.5, 0.6) is 0 Å². The van der Waals surface area contributed by atoms with Gasteiger partial charge in [-0.3, -0.25) is 19.7 Å². The third-order valence-electron chi connectivity index (χ3n) is 2.68. The number of hydrogen-bond acceptors (Lipinski definition) is 6. The summed E-state index contributed by atoms with van der Waals surface area (Å²) in [5.41, 5.74) is -0.136. The highest BCUT2D eigenvalue weighted by Crippen LogP contribution is 2.32. The lowest BCUT2D eigenvalue weighted by atomic mass is 10.2. The lowest BCUT2D eigenvalue weighted by Gasteiger charge is -2.19. The Labute approximate surface area is 119 Å². The molecule has 0 aromatic carbocycles. The molecule has 0 bridgehead atoms. The second-order valence-electron chi connectivity index (χ2n) is 4.39. The highest BCUT2D eigenvalue weighted by atomic mass is 16.6. The molecule has 1 aromatic rings. The van der Waals surface area contributed by atoms with Crippen LogP contribution in [0.25, 0.3) is 0 Å². The van der Waals surface area contributed by atoms with Crippen LogP contribution in [0, 0.1) is 10.1 Å². The normalized spacial score (nSPS) is 10.4. The predicted octanol–water partition coefficient (Wildman–Crippen LogP) is 0.256. The summed E-state index contributed by atoms with van der Waals surface area (Å²) in [5.74, 6) is -2.69. The summed E-state index contributed by atoms with van der Waals surface area (Å²) in [6.07, 6.45) is 0.966. The van der Waals surface area contributed by atoms with Crippen LogP contribution >= 0.6 is 0 Å². The van der Waals surface area contributed by atoms with Crippen molar-refractivity contribution in [2.24, 2.45) is 7.05 Å². The first-order chi connectivity index (χ1) is 9.77. The highest BCUT2D eigenvalue weighted by molar-refractivity contribution is 5.81. The van der Waals surface area contributed by atoms with Crippen LogP contribution in [0.3, 0.4) is 0 Å². The van der Waals surface area contributed by atoms with Gasteiger partial charge in [-0.05, 0) is 6.42 Å². The molecule has 0 spiro atoms. The Morgan fingerprint density at radius 1 is 1.33 bits per heavy atom. The topological polar surface area (TPSA) is 139 Å². The minimum Gasteiger partial charge on any atom is -0.480 e. The van der Waals surface area contributed by atoms with Crippen molar-refractivity contribution >= 4 is 23.4 Å². The molecule has 0 aliphatic rings. The Bertz CT molecular complexity index is 551. The number of aromatic nitrogens is 2. The largest absolute Gasteiger partial charge is 0.480 e. The van der Waals surface area contributed by atoms with Crippen molar-refractivity contribution in [3.8, 4) is 0 Å². The van der Waals surface area contributed by atoms with E-state index in [4.69, 9.17) is 10.2 Å². The van der Waals surface area contributed by atoms with Gasteiger partial charge in [0.05, 0.1) is 4.92 Å². The van der Waals surface area contributed by atoms with E-state index in [9.17, 15) is 19.7 Å². The van der Waals surface area contributed by atoms with E-state index >= 15 is 0 Å². The quantitative estimate of drug-likeness (QED) is 0.514. The lowest BCUT2D eigenvalue weighted by molar-refractivity contribution is -0.384. The molecular weight excluding hydrogens is 284 g/mol. The number of rotatable bonds is 8. The van der Waals surface area contributed by atoms with Crippen molar-refractivity contribution in [3.63, 3.8) is 0 Å². The maximum atomic E-state index is 11.2. The molecule has 10 nitrogen and oxygen atoms in total. The molecule has 116 valence electrons. The standard InChI is InChI=1S/C11H16N4O6/c1-3-4-7-10(15(20)21)11(13(2)12-7)14(5-8(16)17)6-9(18)19/h3-6H2,1-2H3,(H,16,17)(H,18,19). The van der Waals surface area contributed by atoms with Crippen molar-refractivity contribution in [2.75, 3.05) is 18.0 Å². The van der Waals surface area contributed by atoms with Gasteiger partial charge in [0.1, 0.15) is 18.8 Å². The van der Waals surface area contributed by atoms with E-state index in [0.717, 1.165) is 9.58 Å². The molecule has 1 rings (SSSR count). The molecule has 0 aliphatic carbocycles. The number of aliphatic carboxylic acids is 2. The minimum atomic E-state index is -1.29. The van der Waals surface area contributed by atoms with Gasteiger partial charge in [0, 0.05) is 7.05 Å². The second-order valence-corrected chi connectivity index (χ2v) is 4.39. The van der Waals surface area contributed by atoms with Crippen LogP contribution in [0.1, 0.15) is 19.0 Å². The third-order valence-corrected chi connectivity index (χ3v) is 2.68. The fourth-order valence-electron chi connectivity index (χ4n) is 2.04. The van der Waals surface area contributed by atoms with E-state index in [1.807, 2.05) is 6.92 Å². The van der Waals surface area contributed by atoms with Crippen molar-refractivity contribution < 1.29 is 24.7 Å². The molecule has 0 fully saturated rings. The molecule has 0 amide bonds. The Morgan fingerprint density at radius 2 is 1.86 bits per heavy atom. The number of carbonyl (C=O) groups is 2. The van der Waals surface area contributed by atoms with E-state index in [2.05, 4.69) is 5.10 Å². The molecule has 21 heavy (non-hydrogen) atoms. The zero-order valence-electron chi connectivity index (χ0n) is 11.6. The molecule has 0 saturated carbocycles. The molecule has 0 atom stereocenters. The van der Waals surface area contributed by atoms with E-state index in [1.165, 1.54) is 7.05 Å². The Morgan fingerprint density at radius 3 is 2.24 bits per heavy atom. The monoisotopic (exact) mass is 300 g/mol. The number of nitrogens with zero attached hydrogens (tertiary/aromatic N) is 4. The number of carboxylic acids is 2. The van der Waals surface area contributed by atoms with Crippen LogP contribution in [0.4, 0.5) is 11.5 Å². The minimum absolute atomic E-state index is 0.117. The van der Waals surface area contributed by atoms with Crippen molar-refractivity contribution in [1.82, 2.24) is 9.78 Å². The van der Waals surface area contributed by atoms with E-state index in [-0.39, 0.29) is 17.2 Å². The summed E-state index contributed by atoms with van der Waals surface area (Å²) in [6, 6.07) is 0. The third kappa shape index (κ3) is 3.91. The fraction of sp³-hybridized carbons (Fsp3) is 0.545. The Balaban J connectivity index is 3.37. The van der Waals surface area contributed by atoms with Gasteiger partial charge in [-0.1, -0.05) is 13.3 Å².